The molecule has 0 aliphatic carbocycles. The lowest BCUT2D eigenvalue weighted by Gasteiger charge is -2.18. The minimum Gasteiger partial charge on any atom is -0.462 e. The van der Waals surface area contributed by atoms with Gasteiger partial charge in [0.15, 0.2) is 6.10 Å². The first-order chi connectivity index (χ1) is 38.0. The molecular formula is C71H132O6. The van der Waals surface area contributed by atoms with E-state index in [1.54, 1.807) is 0 Å². The summed E-state index contributed by atoms with van der Waals surface area (Å²) in [6, 6.07) is 0. The van der Waals surface area contributed by atoms with Gasteiger partial charge in [-0.05, 0) is 70.6 Å². The molecule has 0 amide bonds. The SMILES string of the molecule is CCC/C=C\CCCCCCCC(=O)OCC(COC(=O)CCCCCCCCCCCCCCCCCCCCCCCCCCCCCCCCCCCC)OC(=O)CCCCCCC/C=C\C/C=C\CCCCC. The van der Waals surface area contributed by atoms with Crippen LogP contribution in [0.3, 0.4) is 0 Å². The smallest absolute Gasteiger partial charge is 0.306 e. The van der Waals surface area contributed by atoms with E-state index in [-0.39, 0.29) is 31.1 Å². The van der Waals surface area contributed by atoms with E-state index >= 15 is 0 Å². The molecular weight excluding hydrogens is 949 g/mol. The maximum Gasteiger partial charge on any atom is 0.306 e. The maximum atomic E-state index is 12.9. The normalized spacial score (nSPS) is 12.2. The number of ether oxygens (including phenoxy) is 3. The van der Waals surface area contributed by atoms with Crippen LogP contribution < -0.4 is 0 Å². The van der Waals surface area contributed by atoms with E-state index < -0.39 is 6.10 Å². The van der Waals surface area contributed by atoms with Gasteiger partial charge in [-0.1, -0.05) is 327 Å². The first-order valence-electron chi connectivity index (χ1n) is 34.5. The van der Waals surface area contributed by atoms with Gasteiger partial charge in [0.1, 0.15) is 13.2 Å². The molecule has 0 aromatic rings. The van der Waals surface area contributed by atoms with Crippen LogP contribution in [0.25, 0.3) is 0 Å². The van der Waals surface area contributed by atoms with Crippen LogP contribution in [-0.2, 0) is 28.6 Å². The highest BCUT2D eigenvalue weighted by Gasteiger charge is 2.19. The molecule has 6 nitrogen and oxygen atoms in total. The topological polar surface area (TPSA) is 78.9 Å². The molecule has 0 N–H and O–H groups in total. The van der Waals surface area contributed by atoms with Crippen LogP contribution >= 0.6 is 0 Å². The summed E-state index contributed by atoms with van der Waals surface area (Å²) in [6.45, 7) is 6.59. The molecule has 1 atom stereocenters. The van der Waals surface area contributed by atoms with Crippen molar-refractivity contribution in [2.75, 3.05) is 13.2 Å². The molecule has 452 valence electrons. The summed E-state index contributed by atoms with van der Waals surface area (Å²) < 4.78 is 16.9. The Labute approximate surface area is 480 Å². The Kier molecular flexibility index (Phi) is 64.1. The molecule has 77 heavy (non-hydrogen) atoms. The van der Waals surface area contributed by atoms with Crippen molar-refractivity contribution in [1.82, 2.24) is 0 Å². The lowest BCUT2D eigenvalue weighted by molar-refractivity contribution is -0.167. The van der Waals surface area contributed by atoms with Crippen LogP contribution in [-0.4, -0.2) is 37.2 Å². The molecule has 0 spiro atoms. The zero-order chi connectivity index (χ0) is 55.7. The van der Waals surface area contributed by atoms with Gasteiger partial charge in [-0.2, -0.15) is 0 Å². The average Bonchev–Trinajstić information content (AvgIpc) is 3.43. The highest BCUT2D eigenvalue weighted by atomic mass is 16.6. The van der Waals surface area contributed by atoms with Crippen LogP contribution in [0.15, 0.2) is 36.5 Å². The zero-order valence-electron chi connectivity index (χ0n) is 52.0. The van der Waals surface area contributed by atoms with Gasteiger partial charge in [-0.15, -0.1) is 0 Å². The van der Waals surface area contributed by atoms with E-state index in [2.05, 4.69) is 57.2 Å². The summed E-state index contributed by atoms with van der Waals surface area (Å²) in [6.07, 6.45) is 82.1. The molecule has 0 saturated heterocycles. The van der Waals surface area contributed by atoms with Crippen LogP contribution in [0.4, 0.5) is 0 Å². The number of unbranched alkanes of at least 4 members (excludes halogenated alkanes) is 47. The van der Waals surface area contributed by atoms with Gasteiger partial charge in [0.05, 0.1) is 0 Å². The van der Waals surface area contributed by atoms with Gasteiger partial charge in [0.25, 0.3) is 0 Å². The predicted molar refractivity (Wildman–Crippen MR) is 335 cm³/mol. The van der Waals surface area contributed by atoms with E-state index in [1.165, 1.54) is 244 Å². The molecule has 0 bridgehead atoms. The van der Waals surface area contributed by atoms with Crippen molar-refractivity contribution in [3.8, 4) is 0 Å². The number of hydrogen-bond donors (Lipinski definition) is 0. The van der Waals surface area contributed by atoms with Gasteiger partial charge in [-0.25, -0.2) is 0 Å². The molecule has 0 aliphatic heterocycles. The minimum atomic E-state index is -0.780. The molecule has 0 saturated carbocycles. The molecule has 0 heterocycles. The van der Waals surface area contributed by atoms with Crippen LogP contribution in [0.5, 0.6) is 0 Å². The van der Waals surface area contributed by atoms with Crippen LogP contribution in [0.1, 0.15) is 380 Å². The Morgan fingerprint density at radius 1 is 0.260 bits per heavy atom. The fourth-order valence-electron chi connectivity index (χ4n) is 10.4. The van der Waals surface area contributed by atoms with E-state index in [0.29, 0.717) is 19.3 Å². The lowest BCUT2D eigenvalue weighted by atomic mass is 10.0. The van der Waals surface area contributed by atoms with Gasteiger partial charge in [-0.3, -0.25) is 14.4 Å². The molecule has 6 heteroatoms. The zero-order valence-corrected chi connectivity index (χ0v) is 52.0. The van der Waals surface area contributed by atoms with Crippen molar-refractivity contribution >= 4 is 17.9 Å². The Morgan fingerprint density at radius 2 is 0.494 bits per heavy atom. The summed E-state index contributed by atoms with van der Waals surface area (Å²) in [5.41, 5.74) is 0. The number of hydrogen-bond acceptors (Lipinski definition) is 6. The lowest BCUT2D eigenvalue weighted by Crippen LogP contribution is -2.30. The van der Waals surface area contributed by atoms with Crippen molar-refractivity contribution < 1.29 is 28.6 Å². The average molecular weight is 1080 g/mol. The van der Waals surface area contributed by atoms with E-state index in [1.807, 2.05) is 0 Å². The third kappa shape index (κ3) is 64.3. The van der Waals surface area contributed by atoms with Crippen molar-refractivity contribution in [3.63, 3.8) is 0 Å². The standard InChI is InChI=1S/C71H132O6/c1-4-7-10-13-16-19-22-24-26-27-28-29-30-31-32-33-34-35-36-37-38-39-40-41-42-43-44-46-47-49-52-55-58-61-64-70(73)76-67-68(66-75-69(72)63-60-57-54-51-21-18-15-12-9-6-3)77-71(74)65-62-59-56-53-50-48-45-25-23-20-17-14-11-8-5-2/h12,15,17,20,25,45,68H,4-11,13-14,16,18-19,21-24,26-44,46-67H2,1-3H3/b15-12-,20-17-,45-25-. The van der Waals surface area contributed by atoms with Crippen LogP contribution in [0.2, 0.25) is 0 Å². The Bertz CT molecular complexity index is 1290. The summed E-state index contributed by atoms with van der Waals surface area (Å²) in [5.74, 6) is -0.882. The minimum absolute atomic E-state index is 0.0770. The Morgan fingerprint density at radius 3 is 0.805 bits per heavy atom. The molecule has 1 unspecified atom stereocenters. The predicted octanol–water partition coefficient (Wildman–Crippen LogP) is 23.6. The number of carbonyl (C=O) groups excluding carboxylic acids is 3. The highest BCUT2D eigenvalue weighted by molar-refractivity contribution is 5.71. The second-order valence-corrected chi connectivity index (χ2v) is 23.4. The molecule has 0 aromatic heterocycles. The first kappa shape index (κ1) is 74.6. The van der Waals surface area contributed by atoms with Crippen molar-refractivity contribution in [1.29, 1.82) is 0 Å². The largest absolute Gasteiger partial charge is 0.462 e. The van der Waals surface area contributed by atoms with Gasteiger partial charge >= 0.3 is 17.9 Å². The molecule has 0 rings (SSSR count). The Hall–Kier alpha value is -2.37. The monoisotopic (exact) mass is 1080 g/mol. The maximum absolute atomic E-state index is 12.9. The van der Waals surface area contributed by atoms with Gasteiger partial charge < -0.3 is 14.2 Å². The van der Waals surface area contributed by atoms with Crippen molar-refractivity contribution in [2.24, 2.45) is 0 Å². The number of esters is 3. The van der Waals surface area contributed by atoms with Crippen LogP contribution in [0, 0.1) is 0 Å². The summed E-state index contributed by atoms with van der Waals surface area (Å²) in [4.78, 5) is 38.2. The third-order valence-corrected chi connectivity index (χ3v) is 15.6. The quantitative estimate of drug-likeness (QED) is 0.0261. The summed E-state index contributed by atoms with van der Waals surface area (Å²) >= 11 is 0. The van der Waals surface area contributed by atoms with Crippen molar-refractivity contribution in [3.05, 3.63) is 36.5 Å². The van der Waals surface area contributed by atoms with E-state index in [9.17, 15) is 14.4 Å². The number of carbonyl (C=O) groups is 3. The highest BCUT2D eigenvalue weighted by Crippen LogP contribution is 2.19. The third-order valence-electron chi connectivity index (χ3n) is 15.6. The van der Waals surface area contributed by atoms with E-state index in [4.69, 9.17) is 14.2 Å². The molecule has 0 aliphatic rings. The van der Waals surface area contributed by atoms with Gasteiger partial charge in [0.2, 0.25) is 0 Å². The number of allylic oxidation sites excluding steroid dienone is 6. The second-order valence-electron chi connectivity index (χ2n) is 23.4. The van der Waals surface area contributed by atoms with E-state index in [0.717, 1.165) is 96.3 Å². The van der Waals surface area contributed by atoms with Gasteiger partial charge in [0, 0.05) is 19.3 Å². The van der Waals surface area contributed by atoms with Crippen molar-refractivity contribution in [2.45, 2.75) is 386 Å². The Balaban J connectivity index is 3.99. The molecule has 0 aromatic carbocycles. The summed E-state index contributed by atoms with van der Waals surface area (Å²) in [7, 11) is 0. The molecule has 0 fully saturated rings. The second kappa shape index (κ2) is 66.1. The fraction of sp³-hybridized carbons (Fsp3) is 0.873. The fourth-order valence-corrected chi connectivity index (χ4v) is 10.4. The first-order valence-corrected chi connectivity index (χ1v) is 34.5. The molecule has 0 radical (unpaired) electrons. The summed E-state index contributed by atoms with van der Waals surface area (Å²) in [5, 5.41) is 0. The number of rotatable bonds is 64.